The van der Waals surface area contributed by atoms with Gasteiger partial charge in [0.1, 0.15) is 12.0 Å². The molecule has 0 radical (unpaired) electrons. The highest BCUT2D eigenvalue weighted by molar-refractivity contribution is 5.89. The van der Waals surface area contributed by atoms with Crippen LogP contribution in [0, 0.1) is 13.8 Å². The molecule has 1 heterocycles. The Kier molecular flexibility index (Phi) is 5.21. The number of aryl methyl sites for hydroxylation is 2. The molecule has 0 spiro atoms. The number of anilines is 6. The Hall–Kier alpha value is -3.61. The highest BCUT2D eigenvalue weighted by Crippen LogP contribution is 2.29. The molecular formula is C20H22N6O. The SMILES string of the molecule is CC(=O)Nc1ccc(Nc2ncnc(Nc3ccc(C)c(C)c3)c2N)cc1. The second-order valence-corrected chi connectivity index (χ2v) is 6.29. The lowest BCUT2D eigenvalue weighted by atomic mass is 10.1. The standard InChI is InChI=1S/C20H22N6O/c1-12-4-5-17(10-13(12)2)26-20-18(21)19(22-11-23-20)25-16-8-6-15(7-9-16)24-14(3)27/h4-11H,21H2,1-3H3,(H,24,27)(H2,22,23,25,26). The van der Waals surface area contributed by atoms with Gasteiger partial charge in [-0.15, -0.1) is 0 Å². The van der Waals surface area contributed by atoms with Gasteiger partial charge in [-0.1, -0.05) is 6.07 Å². The highest BCUT2D eigenvalue weighted by Gasteiger charge is 2.09. The Labute approximate surface area is 158 Å². The number of nitrogens with zero attached hydrogens (tertiary/aromatic N) is 2. The number of hydrogen-bond acceptors (Lipinski definition) is 6. The molecule has 7 nitrogen and oxygen atoms in total. The van der Waals surface area contributed by atoms with E-state index in [1.165, 1.54) is 24.4 Å². The third-order valence-corrected chi connectivity index (χ3v) is 4.12. The molecule has 1 amide bonds. The summed E-state index contributed by atoms with van der Waals surface area (Å²) in [5, 5.41) is 9.13. The monoisotopic (exact) mass is 362 g/mol. The average Bonchev–Trinajstić information content (AvgIpc) is 2.63. The Bertz CT molecular complexity index is 969. The third kappa shape index (κ3) is 4.52. The van der Waals surface area contributed by atoms with Gasteiger partial charge in [0.05, 0.1) is 0 Å². The van der Waals surface area contributed by atoms with E-state index in [9.17, 15) is 4.79 Å². The van der Waals surface area contributed by atoms with Crippen molar-refractivity contribution < 1.29 is 4.79 Å². The molecule has 0 aliphatic carbocycles. The van der Waals surface area contributed by atoms with Crippen LogP contribution in [0.5, 0.6) is 0 Å². The quantitative estimate of drug-likeness (QED) is 0.544. The van der Waals surface area contributed by atoms with Crippen molar-refractivity contribution in [1.29, 1.82) is 0 Å². The number of nitrogen functional groups attached to an aromatic ring is 1. The minimum Gasteiger partial charge on any atom is -0.393 e. The molecule has 7 heteroatoms. The topological polar surface area (TPSA) is 105 Å². The molecule has 5 N–H and O–H groups in total. The zero-order valence-electron chi connectivity index (χ0n) is 15.5. The summed E-state index contributed by atoms with van der Waals surface area (Å²) >= 11 is 0. The van der Waals surface area contributed by atoms with E-state index in [1.807, 2.05) is 30.3 Å². The maximum absolute atomic E-state index is 11.1. The van der Waals surface area contributed by atoms with Crippen LogP contribution in [0.1, 0.15) is 18.1 Å². The zero-order chi connectivity index (χ0) is 19.4. The van der Waals surface area contributed by atoms with Gasteiger partial charge in [0.2, 0.25) is 5.91 Å². The smallest absolute Gasteiger partial charge is 0.221 e. The number of nitrogens with two attached hydrogens (primary N) is 1. The van der Waals surface area contributed by atoms with E-state index in [0.717, 1.165) is 17.1 Å². The normalized spacial score (nSPS) is 10.3. The maximum Gasteiger partial charge on any atom is 0.221 e. The van der Waals surface area contributed by atoms with Crippen molar-refractivity contribution in [1.82, 2.24) is 9.97 Å². The predicted octanol–water partition coefficient (Wildman–Crippen LogP) is 4.12. The van der Waals surface area contributed by atoms with Crippen molar-refractivity contribution in [3.63, 3.8) is 0 Å². The van der Waals surface area contributed by atoms with E-state index < -0.39 is 0 Å². The summed E-state index contributed by atoms with van der Waals surface area (Å²) < 4.78 is 0. The van der Waals surface area contributed by atoms with E-state index in [4.69, 9.17) is 5.73 Å². The number of amides is 1. The molecule has 2 aromatic carbocycles. The number of aromatic nitrogens is 2. The van der Waals surface area contributed by atoms with E-state index in [1.54, 1.807) is 12.1 Å². The van der Waals surface area contributed by atoms with Gasteiger partial charge in [-0.05, 0) is 61.4 Å². The van der Waals surface area contributed by atoms with Crippen LogP contribution in [0.25, 0.3) is 0 Å². The molecular weight excluding hydrogens is 340 g/mol. The van der Waals surface area contributed by atoms with Gasteiger partial charge in [0, 0.05) is 24.0 Å². The summed E-state index contributed by atoms with van der Waals surface area (Å²) in [6.07, 6.45) is 1.45. The fourth-order valence-corrected chi connectivity index (χ4v) is 2.53. The largest absolute Gasteiger partial charge is 0.393 e. The molecule has 0 saturated heterocycles. The van der Waals surface area contributed by atoms with Crippen LogP contribution in [-0.4, -0.2) is 15.9 Å². The first-order valence-corrected chi connectivity index (χ1v) is 8.52. The number of hydrogen-bond donors (Lipinski definition) is 4. The molecule has 0 aliphatic heterocycles. The first-order chi connectivity index (χ1) is 12.9. The van der Waals surface area contributed by atoms with Crippen molar-refractivity contribution in [3.8, 4) is 0 Å². The second kappa shape index (κ2) is 7.74. The van der Waals surface area contributed by atoms with Gasteiger partial charge in [-0.3, -0.25) is 4.79 Å². The Morgan fingerprint density at radius 3 is 2.00 bits per heavy atom. The van der Waals surface area contributed by atoms with Crippen molar-refractivity contribution in [2.75, 3.05) is 21.7 Å². The number of carbonyl (C=O) groups excluding carboxylic acids is 1. The number of benzene rings is 2. The summed E-state index contributed by atoms with van der Waals surface area (Å²) in [4.78, 5) is 19.6. The number of nitrogens with one attached hydrogen (secondary N) is 3. The first kappa shape index (κ1) is 18.2. The molecule has 0 unspecified atom stereocenters. The molecule has 1 aromatic heterocycles. The number of rotatable bonds is 5. The van der Waals surface area contributed by atoms with Crippen molar-refractivity contribution in [3.05, 3.63) is 59.9 Å². The molecule has 0 fully saturated rings. The Morgan fingerprint density at radius 1 is 0.852 bits per heavy atom. The lowest BCUT2D eigenvalue weighted by Gasteiger charge is -2.13. The lowest BCUT2D eigenvalue weighted by Crippen LogP contribution is -2.06. The van der Waals surface area contributed by atoms with Gasteiger partial charge >= 0.3 is 0 Å². The summed E-state index contributed by atoms with van der Waals surface area (Å²) in [6, 6.07) is 13.4. The van der Waals surface area contributed by atoms with Crippen molar-refractivity contribution in [2.45, 2.75) is 20.8 Å². The van der Waals surface area contributed by atoms with E-state index >= 15 is 0 Å². The van der Waals surface area contributed by atoms with E-state index in [-0.39, 0.29) is 5.91 Å². The van der Waals surface area contributed by atoms with Gasteiger partial charge in [-0.25, -0.2) is 9.97 Å². The average molecular weight is 362 g/mol. The summed E-state index contributed by atoms with van der Waals surface area (Å²) in [6.45, 7) is 5.59. The van der Waals surface area contributed by atoms with Gasteiger partial charge < -0.3 is 21.7 Å². The molecule has 3 aromatic rings. The Morgan fingerprint density at radius 2 is 1.41 bits per heavy atom. The Balaban J connectivity index is 1.78. The van der Waals surface area contributed by atoms with Crippen LogP contribution in [-0.2, 0) is 4.79 Å². The maximum atomic E-state index is 11.1. The van der Waals surface area contributed by atoms with Crippen LogP contribution in [0.2, 0.25) is 0 Å². The van der Waals surface area contributed by atoms with Crippen molar-refractivity contribution >= 4 is 40.3 Å². The molecule has 138 valence electrons. The van der Waals surface area contributed by atoms with Crippen LogP contribution in [0.4, 0.5) is 34.4 Å². The molecule has 3 rings (SSSR count). The molecule has 0 saturated carbocycles. The predicted molar refractivity (Wildman–Crippen MR) is 110 cm³/mol. The molecule has 0 atom stereocenters. The fraction of sp³-hybridized carbons (Fsp3) is 0.150. The van der Waals surface area contributed by atoms with Gasteiger partial charge in [-0.2, -0.15) is 0 Å². The minimum absolute atomic E-state index is 0.113. The van der Waals surface area contributed by atoms with E-state index in [2.05, 4.69) is 39.8 Å². The second-order valence-electron chi connectivity index (χ2n) is 6.29. The lowest BCUT2D eigenvalue weighted by molar-refractivity contribution is -0.114. The highest BCUT2D eigenvalue weighted by atomic mass is 16.1. The van der Waals surface area contributed by atoms with Crippen LogP contribution in [0.3, 0.4) is 0 Å². The van der Waals surface area contributed by atoms with Gasteiger partial charge in [0.25, 0.3) is 0 Å². The van der Waals surface area contributed by atoms with Gasteiger partial charge in [0.15, 0.2) is 11.6 Å². The van der Waals surface area contributed by atoms with Crippen LogP contribution >= 0.6 is 0 Å². The zero-order valence-corrected chi connectivity index (χ0v) is 15.5. The fourth-order valence-electron chi connectivity index (χ4n) is 2.53. The summed E-state index contributed by atoms with van der Waals surface area (Å²) in [5.74, 6) is 0.923. The third-order valence-electron chi connectivity index (χ3n) is 4.12. The molecule has 27 heavy (non-hydrogen) atoms. The molecule has 0 bridgehead atoms. The van der Waals surface area contributed by atoms with E-state index in [0.29, 0.717) is 17.3 Å². The summed E-state index contributed by atoms with van der Waals surface area (Å²) in [7, 11) is 0. The first-order valence-electron chi connectivity index (χ1n) is 8.52. The number of carbonyl (C=O) groups is 1. The minimum atomic E-state index is -0.113. The van der Waals surface area contributed by atoms with Crippen molar-refractivity contribution in [2.24, 2.45) is 0 Å². The molecule has 0 aliphatic rings. The van der Waals surface area contributed by atoms with Crippen LogP contribution < -0.4 is 21.7 Å². The van der Waals surface area contributed by atoms with Crippen LogP contribution in [0.15, 0.2) is 48.8 Å². The summed E-state index contributed by atoms with van der Waals surface area (Å²) in [5.41, 5.74) is 11.5.